The number of nitrogens with zero attached hydrogens (tertiary/aromatic N) is 2. The number of nitro groups is 1. The summed E-state index contributed by atoms with van der Waals surface area (Å²) in [5, 5.41) is 10.8. The molecule has 1 heterocycles. The molecule has 8 heteroatoms. The number of halogens is 2. The average molecular weight is 372 g/mol. The number of rotatable bonds is 4. The molecule has 21 heavy (non-hydrogen) atoms. The number of hydrogen-bond donors (Lipinski definition) is 0. The van der Waals surface area contributed by atoms with Crippen molar-refractivity contribution in [3.63, 3.8) is 0 Å². The van der Waals surface area contributed by atoms with E-state index in [1.54, 1.807) is 18.2 Å². The molecule has 0 bridgehead atoms. The Bertz CT molecular complexity index is 708. The smallest absolute Gasteiger partial charge is 0.345 e. The van der Waals surface area contributed by atoms with E-state index in [-0.39, 0.29) is 17.3 Å². The normalized spacial score (nSPS) is 10.2. The van der Waals surface area contributed by atoms with Crippen LogP contribution in [0.25, 0.3) is 0 Å². The summed E-state index contributed by atoms with van der Waals surface area (Å²) in [4.78, 5) is 25.7. The summed E-state index contributed by atoms with van der Waals surface area (Å²) in [6.45, 7) is -0.00459. The highest BCUT2D eigenvalue weighted by atomic mass is 79.9. The molecule has 0 aliphatic heterocycles. The van der Waals surface area contributed by atoms with Crippen LogP contribution in [-0.2, 0) is 11.3 Å². The van der Waals surface area contributed by atoms with E-state index in [4.69, 9.17) is 16.3 Å². The zero-order chi connectivity index (χ0) is 15.4. The highest BCUT2D eigenvalue weighted by Crippen LogP contribution is 2.22. The minimum Gasteiger partial charge on any atom is -0.457 e. The van der Waals surface area contributed by atoms with Gasteiger partial charge in [0.1, 0.15) is 23.5 Å². The van der Waals surface area contributed by atoms with Crippen LogP contribution in [0, 0.1) is 10.1 Å². The van der Waals surface area contributed by atoms with E-state index in [1.165, 1.54) is 0 Å². The number of esters is 1. The fraction of sp³-hybridized carbons (Fsp3) is 0.0769. The van der Waals surface area contributed by atoms with Gasteiger partial charge in [-0.2, -0.15) is 0 Å². The summed E-state index contributed by atoms with van der Waals surface area (Å²) >= 11 is 8.95. The summed E-state index contributed by atoms with van der Waals surface area (Å²) in [5.41, 5.74) is 0.0779. The first-order valence-corrected chi connectivity index (χ1v) is 6.86. The van der Waals surface area contributed by atoms with Crippen molar-refractivity contribution in [3.05, 3.63) is 67.4 Å². The molecule has 2 rings (SSSR count). The molecule has 0 aliphatic rings. The zero-order valence-electron chi connectivity index (χ0n) is 10.5. The van der Waals surface area contributed by atoms with Gasteiger partial charge in [-0.3, -0.25) is 10.1 Å². The summed E-state index contributed by atoms with van der Waals surface area (Å²) in [6.07, 6.45) is 0.929. The van der Waals surface area contributed by atoms with Crippen LogP contribution in [0.2, 0.25) is 5.15 Å². The molecular weight excluding hydrogens is 364 g/mol. The lowest BCUT2D eigenvalue weighted by molar-refractivity contribution is -0.385. The van der Waals surface area contributed by atoms with E-state index in [2.05, 4.69) is 20.9 Å². The Morgan fingerprint density at radius 2 is 2.19 bits per heavy atom. The summed E-state index contributed by atoms with van der Waals surface area (Å²) in [5.74, 6) is -0.828. The first-order chi connectivity index (χ1) is 9.97. The van der Waals surface area contributed by atoms with Gasteiger partial charge in [0.2, 0.25) is 0 Å². The van der Waals surface area contributed by atoms with Crippen LogP contribution in [0.5, 0.6) is 0 Å². The van der Waals surface area contributed by atoms with Crippen LogP contribution < -0.4 is 0 Å². The Hall–Kier alpha value is -1.99. The standard InChI is InChI=1S/C13H8BrClN2O4/c14-9-3-1-2-8(4-9)7-21-13(18)10-5-12(15)16-6-11(10)17(19)20/h1-6H,7H2. The van der Waals surface area contributed by atoms with Crippen LogP contribution in [0.4, 0.5) is 5.69 Å². The number of aromatic nitrogens is 1. The fourth-order valence-electron chi connectivity index (χ4n) is 1.59. The largest absolute Gasteiger partial charge is 0.457 e. The van der Waals surface area contributed by atoms with Gasteiger partial charge in [0.25, 0.3) is 0 Å². The van der Waals surface area contributed by atoms with Crippen molar-refractivity contribution in [2.45, 2.75) is 6.61 Å². The van der Waals surface area contributed by atoms with Crippen molar-refractivity contribution in [3.8, 4) is 0 Å². The Kier molecular flexibility index (Phi) is 4.87. The number of ether oxygens (including phenoxy) is 1. The topological polar surface area (TPSA) is 82.3 Å². The van der Waals surface area contributed by atoms with Gasteiger partial charge < -0.3 is 4.74 Å². The van der Waals surface area contributed by atoms with E-state index >= 15 is 0 Å². The van der Waals surface area contributed by atoms with E-state index in [9.17, 15) is 14.9 Å². The molecule has 0 spiro atoms. The lowest BCUT2D eigenvalue weighted by Gasteiger charge is -2.06. The molecule has 0 N–H and O–H groups in total. The molecule has 0 saturated carbocycles. The molecule has 0 aliphatic carbocycles. The molecule has 1 aromatic heterocycles. The average Bonchev–Trinajstić information content (AvgIpc) is 2.44. The van der Waals surface area contributed by atoms with E-state index < -0.39 is 16.6 Å². The SMILES string of the molecule is O=C(OCc1cccc(Br)c1)c1cc(Cl)ncc1[N+](=O)[O-]. The molecule has 0 saturated heterocycles. The van der Waals surface area contributed by atoms with Gasteiger partial charge in [0.05, 0.1) is 4.92 Å². The van der Waals surface area contributed by atoms with Crippen molar-refractivity contribution in [1.82, 2.24) is 4.98 Å². The highest BCUT2D eigenvalue weighted by molar-refractivity contribution is 9.10. The molecule has 0 fully saturated rings. The Balaban J connectivity index is 2.17. The molecular formula is C13H8BrClN2O4. The van der Waals surface area contributed by atoms with Crippen LogP contribution in [0.1, 0.15) is 15.9 Å². The van der Waals surface area contributed by atoms with Gasteiger partial charge in [-0.1, -0.05) is 39.7 Å². The summed E-state index contributed by atoms with van der Waals surface area (Å²) < 4.78 is 5.91. The lowest BCUT2D eigenvalue weighted by Crippen LogP contribution is -2.09. The van der Waals surface area contributed by atoms with E-state index in [0.29, 0.717) is 0 Å². The molecule has 0 radical (unpaired) electrons. The maximum absolute atomic E-state index is 12.0. The monoisotopic (exact) mass is 370 g/mol. The Labute approximate surface area is 133 Å². The van der Waals surface area contributed by atoms with Gasteiger partial charge >= 0.3 is 11.7 Å². The predicted octanol–water partition coefficient (Wildman–Crippen LogP) is 3.76. The van der Waals surface area contributed by atoms with Crippen LogP contribution >= 0.6 is 27.5 Å². The maximum atomic E-state index is 12.0. The maximum Gasteiger partial charge on any atom is 0.345 e. The van der Waals surface area contributed by atoms with Crippen LogP contribution in [0.15, 0.2) is 41.0 Å². The molecule has 2 aromatic rings. The second kappa shape index (κ2) is 6.64. The van der Waals surface area contributed by atoms with E-state index in [0.717, 1.165) is 22.3 Å². The first-order valence-electron chi connectivity index (χ1n) is 5.69. The third-order valence-corrected chi connectivity index (χ3v) is 3.23. The van der Waals surface area contributed by atoms with Gasteiger partial charge in [-0.05, 0) is 23.8 Å². The molecule has 0 amide bonds. The van der Waals surface area contributed by atoms with Gasteiger partial charge in [-0.25, -0.2) is 9.78 Å². The minimum atomic E-state index is -0.828. The zero-order valence-corrected chi connectivity index (χ0v) is 12.8. The number of carbonyl (C=O) groups excluding carboxylic acids is 1. The first kappa shape index (κ1) is 15.4. The van der Waals surface area contributed by atoms with E-state index in [1.807, 2.05) is 6.07 Å². The van der Waals surface area contributed by atoms with Crippen LogP contribution in [0.3, 0.4) is 0 Å². The second-order valence-electron chi connectivity index (χ2n) is 3.99. The quantitative estimate of drug-likeness (QED) is 0.354. The fourth-order valence-corrected chi connectivity index (χ4v) is 2.19. The van der Waals surface area contributed by atoms with Gasteiger partial charge in [-0.15, -0.1) is 0 Å². The summed E-state index contributed by atoms with van der Waals surface area (Å²) in [7, 11) is 0. The van der Waals surface area contributed by atoms with Crippen molar-refractivity contribution < 1.29 is 14.5 Å². The lowest BCUT2D eigenvalue weighted by atomic mass is 10.2. The predicted molar refractivity (Wildman–Crippen MR) is 79.2 cm³/mol. The number of carbonyl (C=O) groups is 1. The third kappa shape index (κ3) is 3.99. The highest BCUT2D eigenvalue weighted by Gasteiger charge is 2.22. The van der Waals surface area contributed by atoms with Gasteiger partial charge in [0, 0.05) is 4.47 Å². The number of hydrogen-bond acceptors (Lipinski definition) is 5. The second-order valence-corrected chi connectivity index (χ2v) is 5.29. The van der Waals surface area contributed by atoms with Crippen molar-refractivity contribution in [1.29, 1.82) is 0 Å². The molecule has 0 atom stereocenters. The van der Waals surface area contributed by atoms with Crippen molar-refractivity contribution in [2.75, 3.05) is 0 Å². The Morgan fingerprint density at radius 1 is 1.43 bits per heavy atom. The van der Waals surface area contributed by atoms with Gasteiger partial charge in [0.15, 0.2) is 0 Å². The summed E-state index contributed by atoms with van der Waals surface area (Å²) in [6, 6.07) is 8.29. The number of pyridine rings is 1. The Morgan fingerprint density at radius 3 is 2.86 bits per heavy atom. The van der Waals surface area contributed by atoms with Crippen molar-refractivity contribution in [2.24, 2.45) is 0 Å². The number of benzene rings is 1. The van der Waals surface area contributed by atoms with Crippen LogP contribution in [-0.4, -0.2) is 15.9 Å². The molecule has 6 nitrogen and oxygen atoms in total. The minimum absolute atomic E-state index is 0.00459. The molecule has 108 valence electrons. The van der Waals surface area contributed by atoms with Crippen molar-refractivity contribution >= 4 is 39.2 Å². The third-order valence-electron chi connectivity index (χ3n) is 2.53. The molecule has 0 unspecified atom stereocenters. The molecule has 1 aromatic carbocycles.